The Morgan fingerprint density at radius 1 is 1.47 bits per heavy atom. The van der Waals surface area contributed by atoms with Crippen molar-refractivity contribution in [2.24, 2.45) is 5.73 Å². The van der Waals surface area contributed by atoms with E-state index in [1.807, 2.05) is 0 Å². The van der Waals surface area contributed by atoms with E-state index in [-0.39, 0.29) is 0 Å². The second-order valence-electron chi connectivity index (χ2n) is 4.45. The molecule has 0 aromatic carbocycles. The molecule has 86 valence electrons. The molecule has 0 saturated carbocycles. The molecule has 0 amide bonds. The number of carboxylic acids is 1. The monoisotopic (exact) mass is 214 g/mol. The number of fused-ring (bicyclic) bond motifs is 2. The Labute approximate surface area is 89.2 Å². The predicted molar refractivity (Wildman–Crippen MR) is 54.6 cm³/mol. The number of hydrogen-bond acceptors (Lipinski definition) is 4. The zero-order valence-corrected chi connectivity index (χ0v) is 8.76. The summed E-state index contributed by atoms with van der Waals surface area (Å²) in [5.74, 6) is -0.911. The van der Waals surface area contributed by atoms with Crippen LogP contribution in [-0.2, 0) is 9.53 Å². The number of nitrogens with two attached hydrogens (primary N) is 1. The third-order valence-electron chi connectivity index (χ3n) is 3.19. The van der Waals surface area contributed by atoms with E-state index in [9.17, 15) is 4.79 Å². The molecule has 2 heterocycles. The summed E-state index contributed by atoms with van der Waals surface area (Å²) in [5.41, 5.74) is 5.46. The number of nitrogens with zero attached hydrogens (tertiary/aromatic N) is 1. The molecule has 5 heteroatoms. The largest absolute Gasteiger partial charge is 0.480 e. The van der Waals surface area contributed by atoms with Gasteiger partial charge in [-0.05, 0) is 19.3 Å². The molecule has 0 aromatic heterocycles. The fraction of sp³-hybridized carbons (Fsp3) is 0.900. The third-order valence-corrected chi connectivity index (χ3v) is 3.19. The van der Waals surface area contributed by atoms with Crippen molar-refractivity contribution in [1.29, 1.82) is 0 Å². The minimum Gasteiger partial charge on any atom is -0.480 e. The van der Waals surface area contributed by atoms with Crippen LogP contribution in [0.1, 0.15) is 19.3 Å². The molecular formula is C10H18N2O3. The summed E-state index contributed by atoms with van der Waals surface area (Å²) in [6.07, 6.45) is 3.54. The minimum atomic E-state index is -0.911. The summed E-state index contributed by atoms with van der Waals surface area (Å²) in [5, 5.41) is 8.66. The van der Waals surface area contributed by atoms with Crippen LogP contribution in [0.15, 0.2) is 0 Å². The maximum atomic E-state index is 10.5. The number of morpholine rings is 1. The summed E-state index contributed by atoms with van der Waals surface area (Å²) in [6.45, 7) is 2.63. The lowest BCUT2D eigenvalue weighted by Gasteiger charge is -2.32. The van der Waals surface area contributed by atoms with Gasteiger partial charge in [0.15, 0.2) is 0 Å². The lowest BCUT2D eigenvalue weighted by Crippen LogP contribution is -2.44. The summed E-state index contributed by atoms with van der Waals surface area (Å²) in [6, 6.07) is -0.731. The second-order valence-corrected chi connectivity index (χ2v) is 4.45. The first-order chi connectivity index (χ1) is 7.15. The van der Waals surface area contributed by atoms with Crippen LogP contribution in [0, 0.1) is 0 Å². The van der Waals surface area contributed by atoms with Gasteiger partial charge in [-0.1, -0.05) is 0 Å². The van der Waals surface area contributed by atoms with Crippen molar-refractivity contribution in [3.05, 3.63) is 0 Å². The summed E-state index contributed by atoms with van der Waals surface area (Å²) in [7, 11) is 0. The molecule has 2 rings (SSSR count). The number of aliphatic carboxylic acids is 1. The Kier molecular flexibility index (Phi) is 3.23. The normalized spacial score (nSPS) is 32.9. The Balaban J connectivity index is 1.74. The smallest absolute Gasteiger partial charge is 0.320 e. The van der Waals surface area contributed by atoms with Crippen LogP contribution in [0.25, 0.3) is 0 Å². The van der Waals surface area contributed by atoms with E-state index in [1.165, 1.54) is 0 Å². The average molecular weight is 214 g/mol. The fourth-order valence-electron chi connectivity index (χ4n) is 2.33. The van der Waals surface area contributed by atoms with E-state index >= 15 is 0 Å². The van der Waals surface area contributed by atoms with Gasteiger partial charge < -0.3 is 15.6 Å². The number of hydrogen-bond donors (Lipinski definition) is 2. The Morgan fingerprint density at radius 3 is 2.60 bits per heavy atom. The van der Waals surface area contributed by atoms with E-state index in [0.717, 1.165) is 32.5 Å². The molecule has 2 saturated heterocycles. The maximum absolute atomic E-state index is 10.5. The second kappa shape index (κ2) is 4.47. The van der Waals surface area contributed by atoms with Gasteiger partial charge in [-0.25, -0.2) is 0 Å². The van der Waals surface area contributed by atoms with Crippen LogP contribution in [0.3, 0.4) is 0 Å². The van der Waals surface area contributed by atoms with Gasteiger partial charge in [-0.2, -0.15) is 0 Å². The zero-order valence-electron chi connectivity index (χ0n) is 8.76. The maximum Gasteiger partial charge on any atom is 0.320 e. The Bertz CT molecular complexity index is 235. The number of carboxylic acid groups (broad SMARTS) is 1. The molecule has 2 aliphatic heterocycles. The topological polar surface area (TPSA) is 75.8 Å². The van der Waals surface area contributed by atoms with Gasteiger partial charge >= 0.3 is 5.97 Å². The van der Waals surface area contributed by atoms with Gasteiger partial charge in [0, 0.05) is 19.6 Å². The van der Waals surface area contributed by atoms with Crippen molar-refractivity contribution in [2.75, 3.05) is 19.6 Å². The number of ether oxygens (including phenoxy) is 1. The van der Waals surface area contributed by atoms with Crippen molar-refractivity contribution in [3.63, 3.8) is 0 Å². The van der Waals surface area contributed by atoms with Gasteiger partial charge in [0.2, 0.25) is 0 Å². The highest BCUT2D eigenvalue weighted by Gasteiger charge is 2.33. The van der Waals surface area contributed by atoms with Crippen LogP contribution in [0.4, 0.5) is 0 Å². The van der Waals surface area contributed by atoms with Crippen LogP contribution in [0.2, 0.25) is 0 Å². The quantitative estimate of drug-likeness (QED) is 0.669. The summed E-state index contributed by atoms with van der Waals surface area (Å²) in [4.78, 5) is 12.8. The van der Waals surface area contributed by atoms with E-state index in [1.54, 1.807) is 0 Å². The first-order valence-corrected chi connectivity index (χ1v) is 5.51. The molecule has 2 fully saturated rings. The lowest BCUT2D eigenvalue weighted by molar-refractivity contribution is -0.138. The SMILES string of the molecule is NC(CCN1CC2CCC(C1)O2)C(=O)O. The van der Waals surface area contributed by atoms with Crippen LogP contribution in [0.5, 0.6) is 0 Å². The number of rotatable bonds is 4. The van der Waals surface area contributed by atoms with Crippen LogP contribution in [-0.4, -0.2) is 53.9 Å². The Hall–Kier alpha value is -0.650. The van der Waals surface area contributed by atoms with Crippen molar-refractivity contribution >= 4 is 5.97 Å². The van der Waals surface area contributed by atoms with Gasteiger partial charge in [0.1, 0.15) is 6.04 Å². The highest BCUT2D eigenvalue weighted by atomic mass is 16.5. The molecule has 5 nitrogen and oxygen atoms in total. The van der Waals surface area contributed by atoms with Crippen molar-refractivity contribution < 1.29 is 14.6 Å². The first-order valence-electron chi connectivity index (χ1n) is 5.51. The molecule has 0 spiro atoms. The number of likely N-dealkylation sites (tertiary alicyclic amines) is 1. The average Bonchev–Trinajstić information content (AvgIpc) is 2.54. The molecule has 3 atom stereocenters. The number of carbonyl (C=O) groups is 1. The van der Waals surface area contributed by atoms with Crippen molar-refractivity contribution in [3.8, 4) is 0 Å². The van der Waals surface area contributed by atoms with E-state index in [0.29, 0.717) is 18.6 Å². The fourth-order valence-corrected chi connectivity index (χ4v) is 2.33. The minimum absolute atomic E-state index is 0.366. The van der Waals surface area contributed by atoms with E-state index < -0.39 is 12.0 Å². The van der Waals surface area contributed by atoms with Gasteiger partial charge in [-0.15, -0.1) is 0 Å². The van der Waals surface area contributed by atoms with Gasteiger partial charge in [-0.3, -0.25) is 9.69 Å². The Morgan fingerprint density at radius 2 is 2.07 bits per heavy atom. The molecule has 0 radical (unpaired) electrons. The summed E-state index contributed by atoms with van der Waals surface area (Å²) < 4.78 is 5.69. The van der Waals surface area contributed by atoms with Gasteiger partial charge in [0.25, 0.3) is 0 Å². The molecule has 2 bridgehead atoms. The molecule has 2 aliphatic rings. The van der Waals surface area contributed by atoms with E-state index in [2.05, 4.69) is 4.90 Å². The molecule has 3 N–H and O–H groups in total. The summed E-state index contributed by atoms with van der Waals surface area (Å²) >= 11 is 0. The van der Waals surface area contributed by atoms with Crippen molar-refractivity contribution in [2.45, 2.75) is 37.5 Å². The highest BCUT2D eigenvalue weighted by molar-refractivity contribution is 5.72. The van der Waals surface area contributed by atoms with Crippen LogP contribution >= 0.6 is 0 Å². The lowest BCUT2D eigenvalue weighted by atomic mass is 10.2. The van der Waals surface area contributed by atoms with Crippen LogP contribution < -0.4 is 5.73 Å². The molecule has 0 aliphatic carbocycles. The molecular weight excluding hydrogens is 196 g/mol. The third kappa shape index (κ3) is 2.68. The first kappa shape index (κ1) is 10.9. The predicted octanol–water partition coefficient (Wildman–Crippen LogP) is -0.348. The highest BCUT2D eigenvalue weighted by Crippen LogP contribution is 2.26. The van der Waals surface area contributed by atoms with Crippen molar-refractivity contribution in [1.82, 2.24) is 4.90 Å². The molecule has 0 aromatic rings. The van der Waals surface area contributed by atoms with E-state index in [4.69, 9.17) is 15.6 Å². The molecule has 3 unspecified atom stereocenters. The van der Waals surface area contributed by atoms with Gasteiger partial charge in [0.05, 0.1) is 12.2 Å². The standard InChI is InChI=1S/C10H18N2O3/c11-9(10(13)14)3-4-12-5-7-1-2-8(6-12)15-7/h7-9H,1-6,11H2,(H,13,14). The zero-order chi connectivity index (χ0) is 10.8. The molecule has 15 heavy (non-hydrogen) atoms.